The normalized spacial score (nSPS) is 19.6. The van der Waals surface area contributed by atoms with Crippen LogP contribution in [0.1, 0.15) is 11.1 Å². The molecule has 0 bridgehead atoms. The van der Waals surface area contributed by atoms with Crippen LogP contribution >= 0.6 is 27.7 Å². The van der Waals surface area contributed by atoms with Crippen LogP contribution in [0.15, 0.2) is 69.0 Å². The lowest BCUT2D eigenvalue weighted by Gasteiger charge is -2.35. The molecule has 0 N–H and O–H groups in total. The Bertz CT molecular complexity index is 872. The van der Waals surface area contributed by atoms with Gasteiger partial charge in [-0.05, 0) is 41.1 Å². The summed E-state index contributed by atoms with van der Waals surface area (Å²) < 4.78 is 1.03. The second kappa shape index (κ2) is 8.42. The van der Waals surface area contributed by atoms with Crippen molar-refractivity contribution in [3.05, 3.63) is 75.1 Å². The van der Waals surface area contributed by atoms with Crippen LogP contribution in [-0.4, -0.2) is 47.1 Å². The van der Waals surface area contributed by atoms with Crippen LogP contribution in [0.25, 0.3) is 6.08 Å². The third-order valence-electron chi connectivity index (χ3n) is 4.67. The minimum atomic E-state index is -0.135. The molecule has 0 aromatic heterocycles. The van der Waals surface area contributed by atoms with E-state index in [0.29, 0.717) is 4.91 Å². The zero-order valence-corrected chi connectivity index (χ0v) is 17.2. The van der Waals surface area contributed by atoms with Gasteiger partial charge in [0.1, 0.15) is 0 Å². The summed E-state index contributed by atoms with van der Waals surface area (Å²) in [6.07, 6.45) is 1.92. The third-order valence-corrected chi connectivity index (χ3v) is 6.24. The lowest BCUT2D eigenvalue weighted by molar-refractivity contribution is -0.113. The summed E-state index contributed by atoms with van der Waals surface area (Å²) in [5, 5.41) is 0.836. The van der Waals surface area contributed by atoms with Crippen molar-refractivity contribution in [1.29, 1.82) is 0 Å². The van der Waals surface area contributed by atoms with Gasteiger partial charge in [0.25, 0.3) is 5.91 Å². The molecule has 138 valence electrons. The standard InChI is InChI=1S/C21H20BrN3OS/c22-18-8-6-16(7-9-18)14-19-20(26)23-21(27-19)25-12-10-24(11-13-25)15-17-4-2-1-3-5-17/h1-9,14H,10-13,15H2/b19-14-. The van der Waals surface area contributed by atoms with Gasteiger partial charge in [0.2, 0.25) is 0 Å². The van der Waals surface area contributed by atoms with Crippen molar-refractivity contribution in [3.63, 3.8) is 0 Å². The predicted molar refractivity (Wildman–Crippen MR) is 115 cm³/mol. The number of piperazine rings is 1. The fraction of sp³-hybridized carbons (Fsp3) is 0.238. The highest BCUT2D eigenvalue weighted by atomic mass is 79.9. The maximum Gasteiger partial charge on any atom is 0.286 e. The minimum absolute atomic E-state index is 0.135. The molecule has 2 aromatic rings. The largest absolute Gasteiger partial charge is 0.348 e. The van der Waals surface area contributed by atoms with Gasteiger partial charge in [0, 0.05) is 37.2 Å². The molecule has 4 nitrogen and oxygen atoms in total. The highest BCUT2D eigenvalue weighted by Crippen LogP contribution is 2.31. The van der Waals surface area contributed by atoms with Gasteiger partial charge in [0.15, 0.2) is 5.17 Å². The fourth-order valence-electron chi connectivity index (χ4n) is 3.18. The number of halogens is 1. The molecule has 2 aliphatic heterocycles. The molecule has 0 atom stereocenters. The molecule has 0 spiro atoms. The van der Waals surface area contributed by atoms with Crippen LogP contribution in [0, 0.1) is 0 Å². The van der Waals surface area contributed by atoms with E-state index < -0.39 is 0 Å². The van der Waals surface area contributed by atoms with Gasteiger partial charge < -0.3 is 4.90 Å². The Morgan fingerprint density at radius 3 is 2.41 bits per heavy atom. The number of amidine groups is 1. The summed E-state index contributed by atoms with van der Waals surface area (Å²) in [5.74, 6) is -0.135. The van der Waals surface area contributed by atoms with Gasteiger partial charge in [-0.2, -0.15) is 4.99 Å². The average Bonchev–Trinajstić information content (AvgIpc) is 3.05. The smallest absolute Gasteiger partial charge is 0.286 e. The second-order valence-corrected chi connectivity index (χ2v) is 8.54. The van der Waals surface area contributed by atoms with Crippen molar-refractivity contribution in [2.75, 3.05) is 26.2 Å². The van der Waals surface area contributed by atoms with Crippen molar-refractivity contribution < 1.29 is 4.79 Å². The van der Waals surface area contributed by atoms with E-state index in [4.69, 9.17) is 0 Å². The number of thioether (sulfide) groups is 1. The van der Waals surface area contributed by atoms with Crippen LogP contribution in [0.3, 0.4) is 0 Å². The van der Waals surface area contributed by atoms with E-state index >= 15 is 0 Å². The van der Waals surface area contributed by atoms with Gasteiger partial charge in [-0.1, -0.05) is 58.4 Å². The maximum atomic E-state index is 12.3. The molecule has 2 aromatic carbocycles. The number of amides is 1. The number of rotatable bonds is 3. The van der Waals surface area contributed by atoms with E-state index in [2.05, 4.69) is 55.0 Å². The Morgan fingerprint density at radius 2 is 1.70 bits per heavy atom. The molecule has 27 heavy (non-hydrogen) atoms. The monoisotopic (exact) mass is 441 g/mol. The number of benzene rings is 2. The fourth-order valence-corrected chi connectivity index (χ4v) is 4.41. The summed E-state index contributed by atoms with van der Waals surface area (Å²) >= 11 is 4.92. The first kappa shape index (κ1) is 18.5. The van der Waals surface area contributed by atoms with Crippen LogP contribution < -0.4 is 0 Å². The Balaban J connectivity index is 1.34. The molecular formula is C21H20BrN3OS. The van der Waals surface area contributed by atoms with E-state index in [0.717, 1.165) is 47.9 Å². The van der Waals surface area contributed by atoms with Crippen molar-refractivity contribution in [2.45, 2.75) is 6.54 Å². The number of hydrogen-bond acceptors (Lipinski definition) is 4. The Labute approximate surface area is 172 Å². The number of nitrogens with zero attached hydrogens (tertiary/aromatic N) is 3. The van der Waals surface area contributed by atoms with Crippen LogP contribution in [0.4, 0.5) is 0 Å². The molecule has 0 saturated carbocycles. The van der Waals surface area contributed by atoms with E-state index in [1.165, 1.54) is 17.3 Å². The van der Waals surface area contributed by atoms with Crippen LogP contribution in [0.5, 0.6) is 0 Å². The van der Waals surface area contributed by atoms with Crippen molar-refractivity contribution in [2.24, 2.45) is 4.99 Å². The number of hydrogen-bond donors (Lipinski definition) is 0. The first-order valence-corrected chi connectivity index (χ1v) is 10.6. The lowest BCUT2D eigenvalue weighted by atomic mass is 10.2. The summed E-state index contributed by atoms with van der Waals surface area (Å²) in [6, 6.07) is 18.5. The molecule has 1 fully saturated rings. The van der Waals surface area contributed by atoms with E-state index in [1.807, 2.05) is 36.4 Å². The van der Waals surface area contributed by atoms with Crippen molar-refractivity contribution >= 4 is 44.8 Å². The first-order valence-electron chi connectivity index (χ1n) is 8.97. The van der Waals surface area contributed by atoms with Crippen molar-refractivity contribution in [3.8, 4) is 0 Å². The molecule has 0 radical (unpaired) electrons. The van der Waals surface area contributed by atoms with Gasteiger partial charge in [0.05, 0.1) is 4.91 Å². The Kier molecular flexibility index (Phi) is 5.76. The van der Waals surface area contributed by atoms with E-state index in [-0.39, 0.29) is 5.91 Å². The minimum Gasteiger partial charge on any atom is -0.348 e. The van der Waals surface area contributed by atoms with Crippen LogP contribution in [0.2, 0.25) is 0 Å². The second-order valence-electron chi connectivity index (χ2n) is 6.61. The van der Waals surface area contributed by atoms with E-state index in [1.54, 1.807) is 0 Å². The zero-order valence-electron chi connectivity index (χ0n) is 14.8. The summed E-state index contributed by atoms with van der Waals surface area (Å²) in [5.41, 5.74) is 2.35. The number of carbonyl (C=O) groups is 1. The maximum absolute atomic E-state index is 12.3. The van der Waals surface area contributed by atoms with Gasteiger partial charge in [-0.15, -0.1) is 0 Å². The molecule has 0 unspecified atom stereocenters. The highest BCUT2D eigenvalue weighted by Gasteiger charge is 2.28. The lowest BCUT2D eigenvalue weighted by Crippen LogP contribution is -2.47. The first-order chi connectivity index (χ1) is 13.2. The topological polar surface area (TPSA) is 35.9 Å². The molecule has 2 aliphatic rings. The molecule has 1 saturated heterocycles. The molecular weight excluding hydrogens is 422 g/mol. The predicted octanol–water partition coefficient (Wildman–Crippen LogP) is 4.24. The van der Waals surface area contributed by atoms with Crippen molar-refractivity contribution in [1.82, 2.24) is 9.80 Å². The van der Waals surface area contributed by atoms with Gasteiger partial charge in [-0.3, -0.25) is 9.69 Å². The SMILES string of the molecule is O=C1N=C(N2CCN(Cc3ccccc3)CC2)S/C1=C\c1ccc(Br)cc1. The summed E-state index contributed by atoms with van der Waals surface area (Å²) in [6.45, 7) is 4.74. The number of carbonyl (C=O) groups excluding carboxylic acids is 1. The molecule has 6 heteroatoms. The van der Waals surface area contributed by atoms with E-state index in [9.17, 15) is 4.79 Å². The summed E-state index contributed by atoms with van der Waals surface area (Å²) in [7, 11) is 0. The quantitative estimate of drug-likeness (QED) is 0.667. The number of aliphatic imine (C=N–C) groups is 1. The Hall–Kier alpha value is -1.89. The molecule has 4 rings (SSSR count). The molecule has 1 amide bonds. The van der Waals surface area contributed by atoms with Crippen LogP contribution in [-0.2, 0) is 11.3 Å². The van der Waals surface area contributed by atoms with Gasteiger partial charge >= 0.3 is 0 Å². The van der Waals surface area contributed by atoms with Gasteiger partial charge in [-0.25, -0.2) is 0 Å². The average molecular weight is 442 g/mol. The third kappa shape index (κ3) is 4.69. The summed E-state index contributed by atoms with van der Waals surface area (Å²) in [4.78, 5) is 21.9. The molecule has 0 aliphatic carbocycles. The zero-order chi connectivity index (χ0) is 18.6. The highest BCUT2D eigenvalue weighted by molar-refractivity contribution is 9.10. The Morgan fingerprint density at radius 1 is 1.00 bits per heavy atom. The molecule has 2 heterocycles.